The van der Waals surface area contributed by atoms with Crippen LogP contribution in [0.15, 0.2) is 18.2 Å². The van der Waals surface area contributed by atoms with E-state index in [4.69, 9.17) is 26.8 Å². The first-order chi connectivity index (χ1) is 8.08. The number of ether oxygens (including phenoxy) is 2. The number of nitrogens with two attached hydrogens (primary N) is 1. The lowest BCUT2D eigenvalue weighted by molar-refractivity contribution is -0.151. The Morgan fingerprint density at radius 3 is 2.71 bits per heavy atom. The molecule has 0 aromatic heterocycles. The molecule has 1 rings (SSSR count). The number of carbonyl (C=O) groups excluding carboxylic acids is 1. The maximum atomic E-state index is 11.5. The second-order valence-corrected chi connectivity index (χ2v) is 3.86. The van der Waals surface area contributed by atoms with E-state index in [1.165, 1.54) is 0 Å². The quantitative estimate of drug-likeness (QED) is 0.651. The molecule has 0 spiro atoms. The van der Waals surface area contributed by atoms with Crippen molar-refractivity contribution in [3.05, 3.63) is 23.2 Å². The number of esters is 1. The van der Waals surface area contributed by atoms with Crippen molar-refractivity contribution >= 4 is 23.3 Å². The highest BCUT2D eigenvalue weighted by molar-refractivity contribution is 6.32. The van der Waals surface area contributed by atoms with Gasteiger partial charge < -0.3 is 15.2 Å². The van der Waals surface area contributed by atoms with E-state index in [1.807, 2.05) is 6.92 Å². The third-order valence-electron chi connectivity index (χ3n) is 2.15. The number of hydrogen-bond donors (Lipinski definition) is 1. The SMILES string of the molecule is CCOC(=O)C(CC)Oc1ccc(N)cc1Cl. The lowest BCUT2D eigenvalue weighted by atomic mass is 10.2. The van der Waals surface area contributed by atoms with E-state index in [-0.39, 0.29) is 5.97 Å². The maximum absolute atomic E-state index is 11.5. The lowest BCUT2D eigenvalue weighted by Crippen LogP contribution is -2.28. The summed E-state index contributed by atoms with van der Waals surface area (Å²) >= 11 is 5.96. The molecule has 17 heavy (non-hydrogen) atoms. The largest absolute Gasteiger partial charge is 0.477 e. The molecule has 1 aromatic rings. The monoisotopic (exact) mass is 257 g/mol. The fourth-order valence-corrected chi connectivity index (χ4v) is 1.53. The molecule has 94 valence electrons. The van der Waals surface area contributed by atoms with Crippen LogP contribution in [0.1, 0.15) is 20.3 Å². The molecule has 1 unspecified atom stereocenters. The van der Waals surface area contributed by atoms with Crippen molar-refractivity contribution in [1.29, 1.82) is 0 Å². The highest BCUT2D eigenvalue weighted by Gasteiger charge is 2.20. The molecule has 2 N–H and O–H groups in total. The van der Waals surface area contributed by atoms with Gasteiger partial charge in [-0.05, 0) is 31.5 Å². The van der Waals surface area contributed by atoms with Crippen molar-refractivity contribution in [1.82, 2.24) is 0 Å². The van der Waals surface area contributed by atoms with Crippen LogP contribution >= 0.6 is 11.6 Å². The van der Waals surface area contributed by atoms with Gasteiger partial charge in [-0.15, -0.1) is 0 Å². The third kappa shape index (κ3) is 3.82. The molecule has 0 bridgehead atoms. The van der Waals surface area contributed by atoms with Crippen LogP contribution in [0.3, 0.4) is 0 Å². The van der Waals surface area contributed by atoms with Gasteiger partial charge in [-0.1, -0.05) is 18.5 Å². The second kappa shape index (κ2) is 6.35. The Morgan fingerprint density at radius 2 is 2.18 bits per heavy atom. The zero-order valence-electron chi connectivity index (χ0n) is 9.90. The molecule has 4 nitrogen and oxygen atoms in total. The molecule has 0 aliphatic rings. The average Bonchev–Trinajstić information content (AvgIpc) is 2.28. The molecule has 0 saturated carbocycles. The molecule has 0 aliphatic heterocycles. The molecule has 0 saturated heterocycles. The maximum Gasteiger partial charge on any atom is 0.347 e. The fraction of sp³-hybridized carbons (Fsp3) is 0.417. The number of rotatable bonds is 5. The Kier molecular flexibility index (Phi) is 5.10. The minimum Gasteiger partial charge on any atom is -0.477 e. The minimum absolute atomic E-state index is 0.328. The van der Waals surface area contributed by atoms with E-state index >= 15 is 0 Å². The zero-order chi connectivity index (χ0) is 12.8. The third-order valence-corrected chi connectivity index (χ3v) is 2.44. The summed E-state index contributed by atoms with van der Waals surface area (Å²) in [6.45, 7) is 3.92. The van der Waals surface area contributed by atoms with Crippen LogP contribution < -0.4 is 10.5 Å². The predicted octanol–water partition coefficient (Wildman–Crippen LogP) is 2.64. The molecule has 0 aliphatic carbocycles. The first-order valence-electron chi connectivity index (χ1n) is 5.46. The van der Waals surface area contributed by atoms with Crippen molar-refractivity contribution in [3.8, 4) is 5.75 Å². The number of benzene rings is 1. The molecule has 0 heterocycles. The van der Waals surface area contributed by atoms with Crippen LogP contribution in [0.5, 0.6) is 5.75 Å². The predicted molar refractivity (Wildman–Crippen MR) is 67.2 cm³/mol. The van der Waals surface area contributed by atoms with E-state index < -0.39 is 6.10 Å². The van der Waals surface area contributed by atoms with Crippen LogP contribution in [0.2, 0.25) is 5.02 Å². The van der Waals surface area contributed by atoms with Crippen LogP contribution in [0, 0.1) is 0 Å². The fourth-order valence-electron chi connectivity index (χ4n) is 1.30. The highest BCUT2D eigenvalue weighted by atomic mass is 35.5. The average molecular weight is 258 g/mol. The lowest BCUT2D eigenvalue weighted by Gasteiger charge is -2.16. The highest BCUT2D eigenvalue weighted by Crippen LogP contribution is 2.27. The van der Waals surface area contributed by atoms with Gasteiger partial charge in [0.05, 0.1) is 11.6 Å². The molecule has 0 amide bonds. The summed E-state index contributed by atoms with van der Waals surface area (Å²) in [4.78, 5) is 11.5. The van der Waals surface area contributed by atoms with E-state index in [1.54, 1.807) is 25.1 Å². The first-order valence-corrected chi connectivity index (χ1v) is 5.84. The van der Waals surface area contributed by atoms with Gasteiger partial charge in [-0.2, -0.15) is 0 Å². The Hall–Kier alpha value is -1.42. The summed E-state index contributed by atoms with van der Waals surface area (Å²) in [5, 5.41) is 0.382. The smallest absolute Gasteiger partial charge is 0.347 e. The van der Waals surface area contributed by atoms with E-state index in [0.29, 0.717) is 29.5 Å². The first kappa shape index (κ1) is 13.6. The molecule has 0 radical (unpaired) electrons. The van der Waals surface area contributed by atoms with Crippen LogP contribution in [-0.2, 0) is 9.53 Å². The molecule has 1 atom stereocenters. The number of carbonyl (C=O) groups is 1. The topological polar surface area (TPSA) is 61.5 Å². The molecular weight excluding hydrogens is 242 g/mol. The number of anilines is 1. The normalized spacial score (nSPS) is 11.9. The van der Waals surface area contributed by atoms with Gasteiger partial charge in [-0.3, -0.25) is 0 Å². The van der Waals surface area contributed by atoms with E-state index in [0.717, 1.165) is 0 Å². The summed E-state index contributed by atoms with van der Waals surface area (Å²) in [6.07, 6.45) is -0.129. The Labute approximate surface area is 106 Å². The van der Waals surface area contributed by atoms with Gasteiger partial charge in [0, 0.05) is 5.69 Å². The number of halogens is 1. The van der Waals surface area contributed by atoms with E-state index in [9.17, 15) is 4.79 Å². The number of hydrogen-bond acceptors (Lipinski definition) is 4. The summed E-state index contributed by atoms with van der Waals surface area (Å²) in [5.41, 5.74) is 6.11. The summed E-state index contributed by atoms with van der Waals surface area (Å²) in [5.74, 6) is 0.0451. The zero-order valence-corrected chi connectivity index (χ0v) is 10.7. The summed E-state index contributed by atoms with van der Waals surface area (Å²) in [7, 11) is 0. The van der Waals surface area contributed by atoms with Gasteiger partial charge >= 0.3 is 5.97 Å². The van der Waals surface area contributed by atoms with Crippen LogP contribution in [0.4, 0.5) is 5.69 Å². The molecular formula is C12H16ClNO3. The Morgan fingerprint density at radius 1 is 1.47 bits per heavy atom. The van der Waals surface area contributed by atoms with E-state index in [2.05, 4.69) is 0 Å². The van der Waals surface area contributed by atoms with Gasteiger partial charge in [-0.25, -0.2) is 4.79 Å². The Bertz CT molecular complexity index is 395. The van der Waals surface area contributed by atoms with Crippen molar-refractivity contribution in [2.24, 2.45) is 0 Å². The van der Waals surface area contributed by atoms with Gasteiger partial charge in [0.15, 0.2) is 6.10 Å². The summed E-state index contributed by atoms with van der Waals surface area (Å²) in [6, 6.07) is 4.88. The van der Waals surface area contributed by atoms with Crippen molar-refractivity contribution in [2.75, 3.05) is 12.3 Å². The summed E-state index contributed by atoms with van der Waals surface area (Å²) < 4.78 is 10.4. The Balaban J connectivity index is 2.77. The van der Waals surface area contributed by atoms with Gasteiger partial charge in [0.1, 0.15) is 5.75 Å². The second-order valence-electron chi connectivity index (χ2n) is 3.46. The van der Waals surface area contributed by atoms with Crippen molar-refractivity contribution < 1.29 is 14.3 Å². The molecule has 5 heteroatoms. The molecule has 0 fully saturated rings. The minimum atomic E-state index is -0.643. The van der Waals surface area contributed by atoms with Crippen LogP contribution in [0.25, 0.3) is 0 Å². The number of nitrogen functional groups attached to an aromatic ring is 1. The van der Waals surface area contributed by atoms with Crippen molar-refractivity contribution in [3.63, 3.8) is 0 Å². The molecule has 1 aromatic carbocycles. The standard InChI is InChI=1S/C12H16ClNO3/c1-3-10(12(15)16-4-2)17-11-6-5-8(14)7-9(11)13/h5-7,10H,3-4,14H2,1-2H3. The van der Waals surface area contributed by atoms with Gasteiger partial charge in [0.25, 0.3) is 0 Å². The van der Waals surface area contributed by atoms with Gasteiger partial charge in [0.2, 0.25) is 0 Å². The van der Waals surface area contributed by atoms with Crippen LogP contribution in [-0.4, -0.2) is 18.7 Å². The van der Waals surface area contributed by atoms with Crippen molar-refractivity contribution in [2.45, 2.75) is 26.4 Å².